The summed E-state index contributed by atoms with van der Waals surface area (Å²) >= 11 is 0. The van der Waals surface area contributed by atoms with Gasteiger partial charge in [-0.25, -0.2) is 0 Å². The van der Waals surface area contributed by atoms with Crippen LogP contribution in [-0.2, 0) is 9.53 Å². The molecule has 1 unspecified atom stereocenters. The summed E-state index contributed by atoms with van der Waals surface area (Å²) in [5.74, 6) is 0.227. The van der Waals surface area contributed by atoms with Crippen molar-refractivity contribution in [3.8, 4) is 12.1 Å². The van der Waals surface area contributed by atoms with Gasteiger partial charge in [-0.15, -0.1) is 0 Å². The Morgan fingerprint density at radius 2 is 2.21 bits per heavy atom. The van der Waals surface area contributed by atoms with Crippen molar-refractivity contribution in [1.29, 1.82) is 10.5 Å². The summed E-state index contributed by atoms with van der Waals surface area (Å²) in [6.07, 6.45) is 0.196. The van der Waals surface area contributed by atoms with E-state index in [1.807, 2.05) is 12.1 Å². The molecule has 1 heterocycles. The van der Waals surface area contributed by atoms with Crippen molar-refractivity contribution >= 4 is 5.78 Å². The molecule has 0 aromatic carbocycles. The Hall–Kier alpha value is -1.81. The molecule has 1 aliphatic heterocycles. The predicted molar refractivity (Wildman–Crippen MR) is 47.6 cm³/mol. The number of Topliss-reactive ketones (excluding diaryl/α,β-unsaturated/α-hetero) is 1. The average Bonchev–Trinajstić information content (AvgIpc) is 2.21. The standard InChI is InChI=1S/C10H10N2O2/c1-7(4-11)8-3-10(2,6-12)9(13)5-14-8/h3,5H2,1-2H3/b8-7-. The largest absolute Gasteiger partial charge is 0.489 e. The summed E-state index contributed by atoms with van der Waals surface area (Å²) in [6, 6.07) is 3.91. The number of allylic oxidation sites excluding steroid dienone is 2. The summed E-state index contributed by atoms with van der Waals surface area (Å²) in [6.45, 7) is 3.07. The maximum Gasteiger partial charge on any atom is 0.190 e. The molecular weight excluding hydrogens is 180 g/mol. The molecule has 1 fully saturated rings. The monoisotopic (exact) mass is 190 g/mol. The van der Waals surface area contributed by atoms with Crippen LogP contribution in [0.3, 0.4) is 0 Å². The lowest BCUT2D eigenvalue weighted by atomic mass is 9.81. The molecule has 4 nitrogen and oxygen atoms in total. The minimum absolute atomic E-state index is 0.113. The first kappa shape index (κ1) is 10.3. The summed E-state index contributed by atoms with van der Waals surface area (Å²) in [5.41, 5.74) is -0.606. The maximum atomic E-state index is 11.4. The first-order valence-corrected chi connectivity index (χ1v) is 4.20. The van der Waals surface area contributed by atoms with Gasteiger partial charge in [0.15, 0.2) is 5.78 Å². The van der Waals surface area contributed by atoms with Crippen LogP contribution in [0.2, 0.25) is 0 Å². The highest BCUT2D eigenvalue weighted by Gasteiger charge is 2.39. The number of rotatable bonds is 0. The molecule has 1 saturated heterocycles. The van der Waals surface area contributed by atoms with Crippen LogP contribution in [0.25, 0.3) is 0 Å². The number of carbonyl (C=O) groups is 1. The molecule has 1 atom stereocenters. The first-order chi connectivity index (χ1) is 6.53. The fourth-order valence-corrected chi connectivity index (χ4v) is 1.19. The number of ether oxygens (including phenoxy) is 1. The van der Waals surface area contributed by atoms with Crippen LogP contribution in [0.5, 0.6) is 0 Å². The van der Waals surface area contributed by atoms with Crippen molar-refractivity contribution in [3.63, 3.8) is 0 Å². The third kappa shape index (κ3) is 1.60. The minimum atomic E-state index is -1.04. The number of nitrogens with zero attached hydrogens (tertiary/aromatic N) is 2. The third-order valence-corrected chi connectivity index (χ3v) is 2.34. The number of hydrogen-bond acceptors (Lipinski definition) is 4. The van der Waals surface area contributed by atoms with E-state index in [1.54, 1.807) is 13.8 Å². The topological polar surface area (TPSA) is 73.9 Å². The van der Waals surface area contributed by atoms with Crippen molar-refractivity contribution in [2.24, 2.45) is 5.41 Å². The highest BCUT2D eigenvalue weighted by atomic mass is 16.5. The van der Waals surface area contributed by atoms with E-state index >= 15 is 0 Å². The van der Waals surface area contributed by atoms with Gasteiger partial charge in [0.25, 0.3) is 0 Å². The molecule has 0 radical (unpaired) electrons. The van der Waals surface area contributed by atoms with E-state index in [1.165, 1.54) is 0 Å². The van der Waals surface area contributed by atoms with Crippen LogP contribution in [-0.4, -0.2) is 12.4 Å². The highest BCUT2D eigenvalue weighted by molar-refractivity contribution is 5.89. The highest BCUT2D eigenvalue weighted by Crippen LogP contribution is 2.32. The van der Waals surface area contributed by atoms with Gasteiger partial charge in [-0.05, 0) is 13.8 Å². The van der Waals surface area contributed by atoms with Crippen LogP contribution < -0.4 is 0 Å². The van der Waals surface area contributed by atoms with Crippen LogP contribution in [0.15, 0.2) is 11.3 Å². The van der Waals surface area contributed by atoms with Gasteiger partial charge in [-0.2, -0.15) is 10.5 Å². The second kappa shape index (κ2) is 3.51. The van der Waals surface area contributed by atoms with Crippen LogP contribution >= 0.6 is 0 Å². The molecule has 0 saturated carbocycles. The van der Waals surface area contributed by atoms with E-state index in [0.29, 0.717) is 11.3 Å². The van der Waals surface area contributed by atoms with Crippen LogP contribution in [0.4, 0.5) is 0 Å². The molecule has 0 N–H and O–H groups in total. The second-order valence-electron chi connectivity index (χ2n) is 3.49. The molecule has 1 aliphatic rings. The Morgan fingerprint density at radius 1 is 1.57 bits per heavy atom. The molecule has 0 amide bonds. The molecule has 0 aromatic heterocycles. The fraction of sp³-hybridized carbons (Fsp3) is 0.500. The zero-order chi connectivity index (χ0) is 10.8. The smallest absolute Gasteiger partial charge is 0.190 e. The minimum Gasteiger partial charge on any atom is -0.489 e. The van der Waals surface area contributed by atoms with Crippen molar-refractivity contribution < 1.29 is 9.53 Å². The van der Waals surface area contributed by atoms with E-state index in [4.69, 9.17) is 15.3 Å². The third-order valence-electron chi connectivity index (χ3n) is 2.34. The van der Waals surface area contributed by atoms with Crippen molar-refractivity contribution in [2.45, 2.75) is 20.3 Å². The number of ketones is 1. The quantitative estimate of drug-likeness (QED) is 0.539. The van der Waals surface area contributed by atoms with E-state index in [2.05, 4.69) is 0 Å². The predicted octanol–water partition coefficient (Wildman–Crippen LogP) is 1.30. The summed E-state index contributed by atoms with van der Waals surface area (Å²) in [7, 11) is 0. The Kier molecular flexibility index (Phi) is 2.58. The number of nitriles is 2. The Bertz CT molecular complexity index is 384. The van der Waals surface area contributed by atoms with Crippen molar-refractivity contribution in [3.05, 3.63) is 11.3 Å². The first-order valence-electron chi connectivity index (χ1n) is 4.20. The molecule has 0 aromatic rings. The maximum absolute atomic E-state index is 11.4. The number of carbonyl (C=O) groups excluding carboxylic acids is 1. The zero-order valence-electron chi connectivity index (χ0n) is 8.13. The molecule has 72 valence electrons. The number of hydrogen-bond donors (Lipinski definition) is 0. The summed E-state index contributed by atoms with van der Waals surface area (Å²) in [5, 5.41) is 17.5. The van der Waals surface area contributed by atoms with E-state index in [9.17, 15) is 4.79 Å². The average molecular weight is 190 g/mol. The molecular formula is C10H10N2O2. The van der Waals surface area contributed by atoms with Crippen molar-refractivity contribution in [1.82, 2.24) is 0 Å². The molecule has 4 heteroatoms. The van der Waals surface area contributed by atoms with E-state index in [-0.39, 0.29) is 18.8 Å². The van der Waals surface area contributed by atoms with Gasteiger partial charge in [-0.1, -0.05) is 0 Å². The summed E-state index contributed by atoms with van der Waals surface area (Å²) in [4.78, 5) is 11.4. The lowest BCUT2D eigenvalue weighted by Gasteiger charge is -2.27. The van der Waals surface area contributed by atoms with Crippen LogP contribution in [0.1, 0.15) is 20.3 Å². The van der Waals surface area contributed by atoms with Gasteiger partial charge in [0.05, 0.1) is 17.7 Å². The Morgan fingerprint density at radius 3 is 2.71 bits per heavy atom. The molecule has 1 rings (SSSR count). The van der Waals surface area contributed by atoms with Gasteiger partial charge in [0.2, 0.25) is 0 Å². The second-order valence-corrected chi connectivity index (χ2v) is 3.49. The molecule has 0 bridgehead atoms. The fourth-order valence-electron chi connectivity index (χ4n) is 1.19. The lowest BCUT2D eigenvalue weighted by Crippen LogP contribution is -2.35. The van der Waals surface area contributed by atoms with Gasteiger partial charge in [0.1, 0.15) is 17.8 Å². The SMILES string of the molecule is C/C(C#N)=C1\CC(C)(C#N)C(=O)CO1. The van der Waals surface area contributed by atoms with Gasteiger partial charge in [0, 0.05) is 6.42 Å². The zero-order valence-corrected chi connectivity index (χ0v) is 8.13. The van der Waals surface area contributed by atoms with E-state index < -0.39 is 5.41 Å². The Balaban J connectivity index is 3.02. The normalized spacial score (nSPS) is 29.9. The Labute approximate surface area is 82.4 Å². The molecule has 0 aliphatic carbocycles. The van der Waals surface area contributed by atoms with Gasteiger partial charge < -0.3 is 4.74 Å². The van der Waals surface area contributed by atoms with Gasteiger partial charge in [-0.3, -0.25) is 4.79 Å². The summed E-state index contributed by atoms with van der Waals surface area (Å²) < 4.78 is 5.10. The van der Waals surface area contributed by atoms with Crippen LogP contribution in [0, 0.1) is 28.1 Å². The molecule has 14 heavy (non-hydrogen) atoms. The lowest BCUT2D eigenvalue weighted by molar-refractivity contribution is -0.132. The van der Waals surface area contributed by atoms with Gasteiger partial charge >= 0.3 is 0 Å². The van der Waals surface area contributed by atoms with Crippen molar-refractivity contribution in [2.75, 3.05) is 6.61 Å². The molecule has 0 spiro atoms. The van der Waals surface area contributed by atoms with E-state index in [0.717, 1.165) is 0 Å².